The van der Waals surface area contributed by atoms with Gasteiger partial charge in [0.1, 0.15) is 11.5 Å². The van der Waals surface area contributed by atoms with Crippen molar-refractivity contribution in [3.05, 3.63) is 54.6 Å². The summed E-state index contributed by atoms with van der Waals surface area (Å²) in [6, 6.07) is 14.1. The largest absolute Gasteiger partial charge is 0.573 e. The fourth-order valence-electron chi connectivity index (χ4n) is 3.75. The minimum absolute atomic E-state index is 0.0843. The molecule has 8 nitrogen and oxygen atoms in total. The number of amides is 1. The molecule has 1 aliphatic heterocycles. The predicted octanol–water partition coefficient (Wildman–Crippen LogP) is 4.37. The molecule has 1 N–H and O–H groups in total. The molecule has 1 amide bonds. The van der Waals surface area contributed by atoms with Crippen LogP contribution in [0.2, 0.25) is 0 Å². The van der Waals surface area contributed by atoms with Gasteiger partial charge in [0.2, 0.25) is 5.88 Å². The van der Waals surface area contributed by atoms with E-state index in [1.807, 2.05) is 0 Å². The maximum atomic E-state index is 12.4. The summed E-state index contributed by atoms with van der Waals surface area (Å²) in [6.45, 7) is 2.00. The Labute approximate surface area is 205 Å². The molecule has 4 rings (SSSR count). The van der Waals surface area contributed by atoms with Gasteiger partial charge >= 0.3 is 6.36 Å². The van der Waals surface area contributed by atoms with Gasteiger partial charge in [0, 0.05) is 31.4 Å². The van der Waals surface area contributed by atoms with Crippen LogP contribution in [0.25, 0.3) is 16.9 Å². The standard InChI is InChI=1S/C25H26F3N3O5/c1-33-24-14-22(30-31(24)19-4-8-21(9-5-19)36-25(26,27)28)18-2-6-20(7-3-18)35-16-23(32)29-15-17-10-12-34-13-11-17/h2-9,14,17H,10-13,15-16H2,1H3,(H,29,32). The van der Waals surface area contributed by atoms with Gasteiger partial charge in [-0.25, -0.2) is 4.68 Å². The van der Waals surface area contributed by atoms with E-state index in [1.165, 1.54) is 36.1 Å². The Balaban J connectivity index is 1.36. The van der Waals surface area contributed by atoms with Gasteiger partial charge in [-0.1, -0.05) is 0 Å². The molecule has 1 fully saturated rings. The Morgan fingerprint density at radius 2 is 1.75 bits per heavy atom. The highest BCUT2D eigenvalue weighted by Crippen LogP contribution is 2.29. The second kappa shape index (κ2) is 11.3. The van der Waals surface area contributed by atoms with Gasteiger partial charge in [0.15, 0.2) is 6.61 Å². The number of benzene rings is 2. The second-order valence-electron chi connectivity index (χ2n) is 8.20. The van der Waals surface area contributed by atoms with Gasteiger partial charge in [-0.15, -0.1) is 13.2 Å². The molecular weight excluding hydrogens is 479 g/mol. The van der Waals surface area contributed by atoms with E-state index >= 15 is 0 Å². The zero-order chi connectivity index (χ0) is 25.5. The molecule has 2 heterocycles. The third-order valence-electron chi connectivity index (χ3n) is 5.65. The summed E-state index contributed by atoms with van der Waals surface area (Å²) < 4.78 is 58.9. The summed E-state index contributed by atoms with van der Waals surface area (Å²) in [7, 11) is 1.47. The van der Waals surface area contributed by atoms with Gasteiger partial charge in [0.25, 0.3) is 5.91 Å². The molecule has 1 aliphatic rings. The van der Waals surface area contributed by atoms with E-state index in [2.05, 4.69) is 15.2 Å². The van der Waals surface area contributed by atoms with E-state index < -0.39 is 6.36 Å². The maximum Gasteiger partial charge on any atom is 0.573 e. The minimum Gasteiger partial charge on any atom is -0.484 e. The first-order chi connectivity index (χ1) is 17.3. The zero-order valence-corrected chi connectivity index (χ0v) is 19.6. The van der Waals surface area contributed by atoms with E-state index in [0.717, 1.165) is 31.6 Å². The Kier molecular flexibility index (Phi) is 7.99. The summed E-state index contributed by atoms with van der Waals surface area (Å²) in [4.78, 5) is 12.1. The summed E-state index contributed by atoms with van der Waals surface area (Å²) in [5, 5.41) is 7.41. The highest BCUT2D eigenvalue weighted by molar-refractivity contribution is 5.77. The number of hydrogen-bond acceptors (Lipinski definition) is 6. The van der Waals surface area contributed by atoms with Crippen molar-refractivity contribution in [2.45, 2.75) is 19.2 Å². The highest BCUT2D eigenvalue weighted by atomic mass is 19.4. The van der Waals surface area contributed by atoms with Crippen molar-refractivity contribution in [1.29, 1.82) is 0 Å². The molecule has 36 heavy (non-hydrogen) atoms. The van der Waals surface area contributed by atoms with Gasteiger partial charge in [-0.2, -0.15) is 5.10 Å². The summed E-state index contributed by atoms with van der Waals surface area (Å²) in [5.41, 5.74) is 1.85. The van der Waals surface area contributed by atoms with Crippen LogP contribution in [0.1, 0.15) is 12.8 Å². The van der Waals surface area contributed by atoms with Crippen molar-refractivity contribution in [2.75, 3.05) is 33.5 Å². The van der Waals surface area contributed by atoms with Gasteiger partial charge in [-0.3, -0.25) is 4.79 Å². The number of nitrogens with zero attached hydrogens (tertiary/aromatic N) is 2. The predicted molar refractivity (Wildman–Crippen MR) is 124 cm³/mol. The molecule has 0 aliphatic carbocycles. The number of hydrogen-bond donors (Lipinski definition) is 1. The average molecular weight is 505 g/mol. The Morgan fingerprint density at radius 3 is 2.39 bits per heavy atom. The van der Waals surface area contributed by atoms with Crippen LogP contribution in [0.3, 0.4) is 0 Å². The first-order valence-corrected chi connectivity index (χ1v) is 11.4. The first kappa shape index (κ1) is 25.4. The number of alkyl halides is 3. The highest BCUT2D eigenvalue weighted by Gasteiger charge is 2.31. The molecule has 0 bridgehead atoms. The van der Waals surface area contributed by atoms with Crippen molar-refractivity contribution in [3.63, 3.8) is 0 Å². The van der Waals surface area contributed by atoms with E-state index in [4.69, 9.17) is 14.2 Å². The fourth-order valence-corrected chi connectivity index (χ4v) is 3.75. The van der Waals surface area contributed by atoms with Crippen molar-refractivity contribution in [3.8, 4) is 34.3 Å². The second-order valence-corrected chi connectivity index (χ2v) is 8.20. The van der Waals surface area contributed by atoms with Gasteiger partial charge < -0.3 is 24.3 Å². The number of rotatable bonds is 9. The number of nitrogens with one attached hydrogen (secondary N) is 1. The van der Waals surface area contributed by atoms with Crippen LogP contribution in [-0.4, -0.2) is 55.5 Å². The molecule has 0 unspecified atom stereocenters. The third-order valence-corrected chi connectivity index (χ3v) is 5.65. The van der Waals surface area contributed by atoms with Crippen LogP contribution in [-0.2, 0) is 9.53 Å². The molecule has 0 atom stereocenters. The van der Waals surface area contributed by atoms with Crippen molar-refractivity contribution in [2.24, 2.45) is 5.92 Å². The van der Waals surface area contributed by atoms with Gasteiger partial charge in [0.05, 0.1) is 18.5 Å². The first-order valence-electron chi connectivity index (χ1n) is 11.4. The van der Waals surface area contributed by atoms with Gasteiger partial charge in [-0.05, 0) is 67.3 Å². The molecule has 2 aromatic carbocycles. The van der Waals surface area contributed by atoms with Crippen molar-refractivity contribution in [1.82, 2.24) is 15.1 Å². The third kappa shape index (κ3) is 6.91. The number of carbonyl (C=O) groups is 1. The number of carbonyl (C=O) groups excluding carboxylic acids is 1. The van der Waals surface area contributed by atoms with Crippen LogP contribution in [0.4, 0.5) is 13.2 Å². The molecule has 11 heteroatoms. The normalized spacial score (nSPS) is 14.3. The monoisotopic (exact) mass is 505 g/mol. The van der Waals surface area contributed by atoms with E-state index in [1.54, 1.807) is 30.3 Å². The smallest absolute Gasteiger partial charge is 0.484 e. The van der Waals surface area contributed by atoms with Crippen LogP contribution in [0.5, 0.6) is 17.4 Å². The summed E-state index contributed by atoms with van der Waals surface area (Å²) in [5.74, 6) is 0.860. The minimum atomic E-state index is -4.76. The molecule has 0 radical (unpaired) electrons. The molecular formula is C25H26F3N3O5. The van der Waals surface area contributed by atoms with Crippen LogP contribution in [0, 0.1) is 5.92 Å². The molecule has 192 valence electrons. The maximum absolute atomic E-state index is 12.4. The molecule has 3 aromatic rings. The van der Waals surface area contributed by atoms with E-state index in [0.29, 0.717) is 35.5 Å². The summed E-state index contributed by atoms with van der Waals surface area (Å²) >= 11 is 0. The van der Waals surface area contributed by atoms with E-state index in [9.17, 15) is 18.0 Å². The van der Waals surface area contributed by atoms with E-state index in [-0.39, 0.29) is 18.3 Å². The molecule has 0 spiro atoms. The number of halogens is 3. The average Bonchev–Trinajstić information content (AvgIpc) is 3.31. The van der Waals surface area contributed by atoms with Crippen LogP contribution in [0.15, 0.2) is 54.6 Å². The molecule has 1 saturated heterocycles. The number of methoxy groups -OCH3 is 1. The topological polar surface area (TPSA) is 83.8 Å². The van der Waals surface area contributed by atoms with Crippen molar-refractivity contribution < 1.29 is 36.9 Å². The Morgan fingerprint density at radius 1 is 1.08 bits per heavy atom. The summed E-state index contributed by atoms with van der Waals surface area (Å²) in [6.07, 6.45) is -2.87. The fraction of sp³-hybridized carbons (Fsp3) is 0.360. The lowest BCUT2D eigenvalue weighted by Crippen LogP contribution is -2.35. The Bertz CT molecular complexity index is 1140. The van der Waals surface area contributed by atoms with Crippen LogP contribution >= 0.6 is 0 Å². The quantitative estimate of drug-likeness (QED) is 0.465. The lowest BCUT2D eigenvalue weighted by atomic mass is 10.0. The van der Waals surface area contributed by atoms with Crippen LogP contribution < -0.4 is 19.5 Å². The number of ether oxygens (including phenoxy) is 4. The molecule has 0 saturated carbocycles. The number of aromatic nitrogens is 2. The van der Waals surface area contributed by atoms with Crippen molar-refractivity contribution >= 4 is 5.91 Å². The lowest BCUT2D eigenvalue weighted by Gasteiger charge is -2.22. The Hall–Kier alpha value is -3.73. The lowest BCUT2D eigenvalue weighted by molar-refractivity contribution is -0.274. The molecule has 1 aromatic heterocycles. The SMILES string of the molecule is COc1cc(-c2ccc(OCC(=O)NCC3CCOCC3)cc2)nn1-c1ccc(OC(F)(F)F)cc1. The zero-order valence-electron chi connectivity index (χ0n) is 19.6.